The first kappa shape index (κ1) is 14.0. The van der Waals surface area contributed by atoms with Crippen LogP contribution in [0.3, 0.4) is 0 Å². The molecule has 0 amide bonds. The molecule has 0 aromatic rings. The molecule has 0 saturated heterocycles. The van der Waals surface area contributed by atoms with E-state index in [1.54, 1.807) is 0 Å². The molecule has 0 aromatic heterocycles. The maximum absolute atomic E-state index is 2.40. The Balaban J connectivity index is 3.40. The number of hydrogen-bond donors (Lipinski definition) is 0. The summed E-state index contributed by atoms with van der Waals surface area (Å²) < 4.78 is 0. The van der Waals surface area contributed by atoms with Gasteiger partial charge in [0.05, 0.1) is 0 Å². The van der Waals surface area contributed by atoms with Crippen LogP contribution >= 0.6 is 0 Å². The van der Waals surface area contributed by atoms with E-state index in [2.05, 4.69) is 39.6 Å². The van der Waals surface area contributed by atoms with Crippen molar-refractivity contribution in [2.24, 2.45) is 11.8 Å². The van der Waals surface area contributed by atoms with Gasteiger partial charge in [0, 0.05) is 0 Å². The van der Waals surface area contributed by atoms with Gasteiger partial charge < -0.3 is 4.90 Å². The van der Waals surface area contributed by atoms with Crippen LogP contribution in [0.5, 0.6) is 0 Å². The van der Waals surface area contributed by atoms with Crippen molar-refractivity contribution in [2.45, 2.75) is 53.4 Å². The summed E-state index contributed by atoms with van der Waals surface area (Å²) in [6.07, 6.45) is 5.52. The van der Waals surface area contributed by atoms with Crippen molar-refractivity contribution in [1.29, 1.82) is 0 Å². The van der Waals surface area contributed by atoms with Crippen LogP contribution < -0.4 is 0 Å². The second-order valence-electron chi connectivity index (χ2n) is 4.88. The van der Waals surface area contributed by atoms with Crippen LogP contribution in [0.4, 0.5) is 0 Å². The number of rotatable bonds is 8. The molecule has 0 radical (unpaired) electrons. The Morgan fingerprint density at radius 1 is 0.929 bits per heavy atom. The largest absolute Gasteiger partial charge is 0.307 e. The Hall–Kier alpha value is -0.0400. The summed E-state index contributed by atoms with van der Waals surface area (Å²) in [6.45, 7) is 11.7. The third-order valence-electron chi connectivity index (χ3n) is 3.39. The minimum atomic E-state index is 0.901. The third-order valence-corrected chi connectivity index (χ3v) is 3.39. The van der Waals surface area contributed by atoms with Gasteiger partial charge in [-0.15, -0.1) is 0 Å². The maximum Gasteiger partial charge on any atom is -0.00194 e. The lowest BCUT2D eigenvalue weighted by Crippen LogP contribution is -2.20. The van der Waals surface area contributed by atoms with Crippen molar-refractivity contribution in [2.75, 3.05) is 20.1 Å². The van der Waals surface area contributed by atoms with Gasteiger partial charge in [-0.25, -0.2) is 0 Å². The SMILES string of the molecule is CCC(C)CCC(C)CCN(C)CC. The van der Waals surface area contributed by atoms with Gasteiger partial charge in [-0.1, -0.05) is 47.0 Å². The lowest BCUT2D eigenvalue weighted by Gasteiger charge is -2.18. The molecule has 0 spiro atoms. The molecule has 0 aromatic carbocycles. The first-order valence-electron chi connectivity index (χ1n) is 6.28. The first-order valence-corrected chi connectivity index (χ1v) is 6.28. The molecule has 0 rings (SSSR count). The number of hydrogen-bond acceptors (Lipinski definition) is 1. The van der Waals surface area contributed by atoms with E-state index in [-0.39, 0.29) is 0 Å². The zero-order valence-corrected chi connectivity index (χ0v) is 10.8. The molecule has 0 saturated carbocycles. The molecule has 86 valence electrons. The fourth-order valence-electron chi connectivity index (χ4n) is 1.52. The topological polar surface area (TPSA) is 3.24 Å². The summed E-state index contributed by atoms with van der Waals surface area (Å²) in [4.78, 5) is 2.40. The van der Waals surface area contributed by atoms with E-state index in [1.807, 2.05) is 0 Å². The summed E-state index contributed by atoms with van der Waals surface area (Å²) in [5, 5.41) is 0. The molecule has 0 bridgehead atoms. The molecule has 1 nitrogen and oxygen atoms in total. The second-order valence-corrected chi connectivity index (χ2v) is 4.88. The van der Waals surface area contributed by atoms with E-state index in [0.717, 1.165) is 11.8 Å². The fourth-order valence-corrected chi connectivity index (χ4v) is 1.52. The average Bonchev–Trinajstić information content (AvgIpc) is 2.22. The molecular formula is C13H29N. The zero-order valence-electron chi connectivity index (χ0n) is 10.8. The lowest BCUT2D eigenvalue weighted by molar-refractivity contribution is 0.304. The zero-order chi connectivity index (χ0) is 11.0. The lowest BCUT2D eigenvalue weighted by atomic mass is 9.94. The van der Waals surface area contributed by atoms with Crippen molar-refractivity contribution in [3.63, 3.8) is 0 Å². The molecular weight excluding hydrogens is 170 g/mol. The Morgan fingerprint density at radius 3 is 2.00 bits per heavy atom. The van der Waals surface area contributed by atoms with Crippen LogP contribution in [0.2, 0.25) is 0 Å². The average molecular weight is 199 g/mol. The van der Waals surface area contributed by atoms with Crippen molar-refractivity contribution >= 4 is 0 Å². The van der Waals surface area contributed by atoms with Gasteiger partial charge in [0.25, 0.3) is 0 Å². The molecule has 0 fully saturated rings. The van der Waals surface area contributed by atoms with Crippen LogP contribution in [0, 0.1) is 11.8 Å². The Morgan fingerprint density at radius 2 is 1.50 bits per heavy atom. The van der Waals surface area contributed by atoms with Gasteiger partial charge in [-0.2, -0.15) is 0 Å². The van der Waals surface area contributed by atoms with Crippen molar-refractivity contribution in [3.8, 4) is 0 Å². The van der Waals surface area contributed by atoms with E-state index in [0.29, 0.717) is 0 Å². The molecule has 2 atom stereocenters. The molecule has 0 aliphatic rings. The van der Waals surface area contributed by atoms with Crippen molar-refractivity contribution in [3.05, 3.63) is 0 Å². The van der Waals surface area contributed by atoms with E-state index in [4.69, 9.17) is 0 Å². The van der Waals surface area contributed by atoms with Gasteiger partial charge >= 0.3 is 0 Å². The van der Waals surface area contributed by atoms with Gasteiger partial charge in [0.1, 0.15) is 0 Å². The number of nitrogens with zero attached hydrogens (tertiary/aromatic N) is 1. The smallest absolute Gasteiger partial charge is 0.00194 e. The second kappa shape index (κ2) is 8.28. The summed E-state index contributed by atoms with van der Waals surface area (Å²) in [6, 6.07) is 0. The molecule has 0 aliphatic heterocycles. The molecule has 1 heteroatoms. The van der Waals surface area contributed by atoms with Gasteiger partial charge in [-0.3, -0.25) is 0 Å². The molecule has 0 N–H and O–H groups in total. The highest BCUT2D eigenvalue weighted by molar-refractivity contribution is 4.59. The monoisotopic (exact) mass is 199 g/mol. The Bertz CT molecular complexity index is 108. The van der Waals surface area contributed by atoms with E-state index >= 15 is 0 Å². The Kier molecular flexibility index (Phi) is 8.26. The highest BCUT2D eigenvalue weighted by Gasteiger charge is 2.06. The minimum absolute atomic E-state index is 0.901. The standard InChI is InChI=1S/C13H29N/c1-6-12(3)8-9-13(4)10-11-14(5)7-2/h12-13H,6-11H2,1-5H3. The predicted molar refractivity (Wildman–Crippen MR) is 65.6 cm³/mol. The first-order chi connectivity index (χ1) is 6.60. The Labute approximate surface area is 90.9 Å². The third kappa shape index (κ3) is 7.37. The molecule has 0 aliphatic carbocycles. The molecule has 0 heterocycles. The van der Waals surface area contributed by atoms with Gasteiger partial charge in [0.15, 0.2) is 0 Å². The van der Waals surface area contributed by atoms with Crippen LogP contribution in [-0.4, -0.2) is 25.0 Å². The normalized spacial score (nSPS) is 15.9. The van der Waals surface area contributed by atoms with E-state index in [9.17, 15) is 0 Å². The predicted octanol–water partition coefficient (Wildman–Crippen LogP) is 3.79. The van der Waals surface area contributed by atoms with E-state index < -0.39 is 0 Å². The molecule has 2 unspecified atom stereocenters. The van der Waals surface area contributed by atoms with Crippen LogP contribution in [-0.2, 0) is 0 Å². The van der Waals surface area contributed by atoms with Gasteiger partial charge in [-0.05, 0) is 38.4 Å². The van der Waals surface area contributed by atoms with Crippen LogP contribution in [0.1, 0.15) is 53.4 Å². The van der Waals surface area contributed by atoms with Crippen molar-refractivity contribution in [1.82, 2.24) is 4.90 Å². The van der Waals surface area contributed by atoms with Gasteiger partial charge in [0.2, 0.25) is 0 Å². The summed E-state index contributed by atoms with van der Waals surface area (Å²) in [7, 11) is 2.21. The summed E-state index contributed by atoms with van der Waals surface area (Å²) in [5.74, 6) is 1.82. The van der Waals surface area contributed by atoms with Crippen LogP contribution in [0.15, 0.2) is 0 Å². The quantitative estimate of drug-likeness (QED) is 0.575. The van der Waals surface area contributed by atoms with E-state index in [1.165, 1.54) is 38.8 Å². The summed E-state index contributed by atoms with van der Waals surface area (Å²) in [5.41, 5.74) is 0. The highest BCUT2D eigenvalue weighted by atomic mass is 15.1. The minimum Gasteiger partial charge on any atom is -0.307 e. The molecule has 14 heavy (non-hydrogen) atoms. The van der Waals surface area contributed by atoms with Crippen LogP contribution in [0.25, 0.3) is 0 Å². The van der Waals surface area contributed by atoms with Crippen molar-refractivity contribution < 1.29 is 0 Å². The summed E-state index contributed by atoms with van der Waals surface area (Å²) >= 11 is 0. The maximum atomic E-state index is 2.40. The fraction of sp³-hybridized carbons (Fsp3) is 1.00. The highest BCUT2D eigenvalue weighted by Crippen LogP contribution is 2.17.